The lowest BCUT2D eigenvalue weighted by Gasteiger charge is -2.23. The molecule has 1 rings (SSSR count). The van der Waals surface area contributed by atoms with Crippen molar-refractivity contribution in [2.24, 2.45) is 0 Å². The van der Waals surface area contributed by atoms with Gasteiger partial charge < -0.3 is 15.7 Å². The number of aliphatic carboxylic acids is 1. The number of pyridine rings is 1. The number of carbonyl (C=O) groups is 1. The van der Waals surface area contributed by atoms with Gasteiger partial charge in [0, 0.05) is 12.4 Å². The van der Waals surface area contributed by atoms with Gasteiger partial charge in [0.1, 0.15) is 6.04 Å². The molecule has 5 heteroatoms. The Hall–Kier alpha value is -1.46. The number of hydrogen-bond donors (Lipinski definition) is 3. The molecule has 15 heavy (non-hydrogen) atoms. The third-order valence-corrected chi connectivity index (χ3v) is 2.29. The van der Waals surface area contributed by atoms with Crippen LogP contribution >= 0.6 is 0 Å². The number of rotatable bonds is 5. The summed E-state index contributed by atoms with van der Waals surface area (Å²) < 4.78 is 0. The fourth-order valence-electron chi connectivity index (χ4n) is 1.53. The zero-order valence-corrected chi connectivity index (χ0v) is 8.77. The molecule has 0 bridgehead atoms. The van der Waals surface area contributed by atoms with Gasteiger partial charge >= 0.3 is 5.97 Å². The van der Waals surface area contributed by atoms with E-state index in [2.05, 4.69) is 15.6 Å². The van der Waals surface area contributed by atoms with Crippen molar-refractivity contribution in [1.29, 1.82) is 0 Å². The molecule has 1 heterocycles. The van der Waals surface area contributed by atoms with Crippen LogP contribution in [0.2, 0.25) is 0 Å². The van der Waals surface area contributed by atoms with Gasteiger partial charge in [0.05, 0.1) is 6.04 Å². The van der Waals surface area contributed by atoms with E-state index in [1.165, 1.54) is 0 Å². The lowest BCUT2D eigenvalue weighted by Crippen LogP contribution is -2.44. The molecule has 0 aliphatic rings. The summed E-state index contributed by atoms with van der Waals surface area (Å²) in [6.45, 7) is 0. The summed E-state index contributed by atoms with van der Waals surface area (Å²) in [6, 6.07) is 2.68. The van der Waals surface area contributed by atoms with Crippen LogP contribution in [-0.2, 0) is 4.79 Å². The minimum atomic E-state index is -0.881. The highest BCUT2D eigenvalue weighted by molar-refractivity contribution is 5.74. The normalized spacial score (nSPS) is 14.5. The summed E-state index contributed by atoms with van der Waals surface area (Å²) in [6.07, 6.45) is 3.29. The van der Waals surface area contributed by atoms with Crippen molar-refractivity contribution in [2.75, 3.05) is 14.1 Å². The Bertz CT molecular complexity index is 316. The largest absolute Gasteiger partial charge is 0.480 e. The van der Waals surface area contributed by atoms with Crippen LogP contribution in [0.25, 0.3) is 0 Å². The predicted molar refractivity (Wildman–Crippen MR) is 56.5 cm³/mol. The van der Waals surface area contributed by atoms with Crippen molar-refractivity contribution in [3.05, 3.63) is 30.1 Å². The molecule has 0 aliphatic carbocycles. The number of nitrogens with zero attached hydrogens (tertiary/aromatic N) is 1. The molecule has 0 amide bonds. The first-order valence-corrected chi connectivity index (χ1v) is 4.68. The van der Waals surface area contributed by atoms with Gasteiger partial charge in [-0.1, -0.05) is 0 Å². The molecule has 0 aromatic carbocycles. The zero-order chi connectivity index (χ0) is 11.3. The number of likely N-dealkylation sites (N-methyl/N-ethyl adjacent to an activating group) is 2. The summed E-state index contributed by atoms with van der Waals surface area (Å²) in [7, 11) is 3.36. The summed E-state index contributed by atoms with van der Waals surface area (Å²) in [5, 5.41) is 14.8. The smallest absolute Gasteiger partial charge is 0.322 e. The first kappa shape index (κ1) is 11.6. The van der Waals surface area contributed by atoms with Gasteiger partial charge in [0.25, 0.3) is 0 Å². The lowest BCUT2D eigenvalue weighted by atomic mass is 10.0. The second-order valence-electron chi connectivity index (χ2n) is 3.15. The van der Waals surface area contributed by atoms with Crippen LogP contribution in [0.4, 0.5) is 0 Å². The Morgan fingerprint density at radius 1 is 1.33 bits per heavy atom. The van der Waals surface area contributed by atoms with E-state index in [0.29, 0.717) is 0 Å². The molecule has 1 aromatic rings. The van der Waals surface area contributed by atoms with Crippen LogP contribution < -0.4 is 10.6 Å². The molecule has 0 saturated carbocycles. The maximum atomic E-state index is 11.0. The third kappa shape index (κ3) is 2.74. The van der Waals surface area contributed by atoms with E-state index in [1.807, 2.05) is 0 Å². The summed E-state index contributed by atoms with van der Waals surface area (Å²) >= 11 is 0. The fourth-order valence-corrected chi connectivity index (χ4v) is 1.53. The monoisotopic (exact) mass is 209 g/mol. The SMILES string of the molecule is CNC(C(=O)O)C(NC)c1ccncc1. The van der Waals surface area contributed by atoms with Gasteiger partial charge in [0.2, 0.25) is 0 Å². The van der Waals surface area contributed by atoms with E-state index in [0.717, 1.165) is 5.56 Å². The van der Waals surface area contributed by atoms with Gasteiger partial charge in [-0.2, -0.15) is 0 Å². The van der Waals surface area contributed by atoms with Crippen LogP contribution in [0, 0.1) is 0 Å². The minimum Gasteiger partial charge on any atom is -0.480 e. The van der Waals surface area contributed by atoms with Crippen LogP contribution in [-0.4, -0.2) is 36.2 Å². The van der Waals surface area contributed by atoms with Gasteiger partial charge in [-0.3, -0.25) is 9.78 Å². The quantitative estimate of drug-likeness (QED) is 0.637. The zero-order valence-electron chi connectivity index (χ0n) is 8.77. The molecular formula is C10H15N3O2. The van der Waals surface area contributed by atoms with Crippen molar-refractivity contribution < 1.29 is 9.90 Å². The molecule has 0 aliphatic heterocycles. The second kappa shape index (κ2) is 5.43. The Morgan fingerprint density at radius 3 is 2.33 bits per heavy atom. The topological polar surface area (TPSA) is 74.2 Å². The van der Waals surface area contributed by atoms with Gasteiger partial charge in [0.15, 0.2) is 0 Å². The molecule has 0 fully saturated rings. The number of carboxylic acid groups (broad SMARTS) is 1. The lowest BCUT2D eigenvalue weighted by molar-refractivity contribution is -0.140. The average molecular weight is 209 g/mol. The van der Waals surface area contributed by atoms with Crippen LogP contribution in [0.3, 0.4) is 0 Å². The van der Waals surface area contributed by atoms with Crippen molar-refractivity contribution in [3.63, 3.8) is 0 Å². The highest BCUT2D eigenvalue weighted by atomic mass is 16.4. The summed E-state index contributed by atoms with van der Waals surface area (Å²) in [5.74, 6) is -0.881. The van der Waals surface area contributed by atoms with E-state index in [9.17, 15) is 4.79 Å². The molecule has 5 nitrogen and oxygen atoms in total. The summed E-state index contributed by atoms with van der Waals surface area (Å²) in [5.41, 5.74) is 0.897. The van der Waals surface area contributed by atoms with E-state index >= 15 is 0 Å². The molecule has 2 unspecified atom stereocenters. The first-order chi connectivity index (χ1) is 7.20. The molecule has 3 N–H and O–H groups in total. The highest BCUT2D eigenvalue weighted by Gasteiger charge is 2.26. The molecule has 0 spiro atoms. The maximum absolute atomic E-state index is 11.0. The molecule has 2 atom stereocenters. The minimum absolute atomic E-state index is 0.268. The van der Waals surface area contributed by atoms with Gasteiger partial charge in [-0.05, 0) is 31.8 Å². The van der Waals surface area contributed by atoms with Crippen LogP contribution in [0.5, 0.6) is 0 Å². The number of nitrogens with one attached hydrogen (secondary N) is 2. The fraction of sp³-hybridized carbons (Fsp3) is 0.400. The molecular weight excluding hydrogens is 194 g/mol. The Morgan fingerprint density at radius 2 is 1.93 bits per heavy atom. The van der Waals surface area contributed by atoms with E-state index in [-0.39, 0.29) is 6.04 Å². The summed E-state index contributed by atoms with van der Waals surface area (Å²) in [4.78, 5) is 14.9. The number of hydrogen-bond acceptors (Lipinski definition) is 4. The van der Waals surface area contributed by atoms with Crippen LogP contribution in [0.15, 0.2) is 24.5 Å². The number of carboxylic acids is 1. The molecule has 0 radical (unpaired) electrons. The Balaban J connectivity index is 2.92. The highest BCUT2D eigenvalue weighted by Crippen LogP contribution is 2.15. The molecule has 1 aromatic heterocycles. The van der Waals surface area contributed by atoms with Crippen molar-refractivity contribution in [1.82, 2.24) is 15.6 Å². The number of aromatic nitrogens is 1. The van der Waals surface area contributed by atoms with E-state index in [1.54, 1.807) is 38.6 Å². The molecule has 0 saturated heterocycles. The van der Waals surface area contributed by atoms with E-state index < -0.39 is 12.0 Å². The second-order valence-corrected chi connectivity index (χ2v) is 3.15. The van der Waals surface area contributed by atoms with E-state index in [4.69, 9.17) is 5.11 Å². The average Bonchev–Trinajstić information content (AvgIpc) is 2.26. The Kier molecular flexibility index (Phi) is 4.20. The van der Waals surface area contributed by atoms with Gasteiger partial charge in [-0.25, -0.2) is 0 Å². The molecule has 82 valence electrons. The van der Waals surface area contributed by atoms with Crippen molar-refractivity contribution >= 4 is 5.97 Å². The first-order valence-electron chi connectivity index (χ1n) is 4.68. The van der Waals surface area contributed by atoms with Crippen molar-refractivity contribution in [2.45, 2.75) is 12.1 Å². The maximum Gasteiger partial charge on any atom is 0.322 e. The van der Waals surface area contributed by atoms with Crippen molar-refractivity contribution in [3.8, 4) is 0 Å². The Labute approximate surface area is 88.5 Å². The standard InChI is InChI=1S/C10H15N3O2/c1-11-8(9(12-2)10(14)15)7-3-5-13-6-4-7/h3-6,8-9,11-12H,1-2H3,(H,14,15). The predicted octanol–water partition coefficient (Wildman–Crippen LogP) is 0.0147. The van der Waals surface area contributed by atoms with Crippen LogP contribution in [0.1, 0.15) is 11.6 Å². The third-order valence-electron chi connectivity index (χ3n) is 2.29. The van der Waals surface area contributed by atoms with Gasteiger partial charge in [-0.15, -0.1) is 0 Å².